The Hall–Kier alpha value is -2.62. The molecule has 3 heteroatoms. The Bertz CT molecular complexity index is 1070. The summed E-state index contributed by atoms with van der Waals surface area (Å²) < 4.78 is 13.4. The van der Waals surface area contributed by atoms with Gasteiger partial charge in [-0.2, -0.15) is 0 Å². The lowest BCUT2D eigenvalue weighted by Crippen LogP contribution is -2.45. The van der Waals surface area contributed by atoms with Gasteiger partial charge in [-0.1, -0.05) is 107 Å². The van der Waals surface area contributed by atoms with Gasteiger partial charge in [0.2, 0.25) is 0 Å². The van der Waals surface area contributed by atoms with E-state index < -0.39 is 0 Å². The molecule has 38 heavy (non-hydrogen) atoms. The lowest BCUT2D eigenvalue weighted by Gasteiger charge is -2.34. The van der Waals surface area contributed by atoms with Crippen molar-refractivity contribution in [3.05, 3.63) is 102 Å². The maximum atomic E-state index is 6.45. The van der Waals surface area contributed by atoms with Crippen molar-refractivity contribution in [3.8, 4) is 5.75 Å². The maximum Gasteiger partial charge on any atom is 0.119 e. The Morgan fingerprint density at radius 2 is 1.29 bits per heavy atom. The fourth-order valence-corrected chi connectivity index (χ4v) is 5.70. The first-order chi connectivity index (χ1) is 17.9. The number of likely N-dealkylation sites (N-methyl/N-ethyl adjacent to an activating group) is 1. The van der Waals surface area contributed by atoms with Gasteiger partial charge in [-0.3, -0.25) is 0 Å². The topological polar surface area (TPSA) is 18.5 Å². The van der Waals surface area contributed by atoms with Crippen molar-refractivity contribution in [2.45, 2.75) is 71.9 Å². The van der Waals surface area contributed by atoms with Crippen LogP contribution in [0.4, 0.5) is 0 Å². The number of quaternary nitrogens is 1. The van der Waals surface area contributed by atoms with Crippen molar-refractivity contribution >= 4 is 0 Å². The molecule has 0 aliphatic carbocycles. The van der Waals surface area contributed by atoms with Crippen LogP contribution in [0.5, 0.6) is 5.75 Å². The summed E-state index contributed by atoms with van der Waals surface area (Å²) in [6.07, 6.45) is 3.32. The third-order valence-corrected chi connectivity index (χ3v) is 7.06. The number of benzene rings is 3. The molecule has 3 nitrogen and oxygen atoms in total. The second-order valence-electron chi connectivity index (χ2n) is 13.3. The van der Waals surface area contributed by atoms with Gasteiger partial charge in [0.25, 0.3) is 0 Å². The van der Waals surface area contributed by atoms with Gasteiger partial charge in [0, 0.05) is 5.56 Å². The van der Waals surface area contributed by atoms with E-state index in [9.17, 15) is 0 Å². The molecule has 1 unspecified atom stereocenters. The SMILES string of the molecule is CC(C)(C)CC(C)(C)c1ccc(OCCOC(CCc2ccccc2)C[N+](C)(C)Cc2ccccc2)cc1. The Kier molecular flexibility index (Phi) is 10.6. The van der Waals surface area contributed by atoms with Gasteiger partial charge in [-0.15, -0.1) is 0 Å². The third-order valence-electron chi connectivity index (χ3n) is 7.06. The Morgan fingerprint density at radius 1 is 0.711 bits per heavy atom. The van der Waals surface area contributed by atoms with E-state index in [1.54, 1.807) is 0 Å². The summed E-state index contributed by atoms with van der Waals surface area (Å²) in [5.41, 5.74) is 4.50. The second kappa shape index (κ2) is 13.4. The lowest BCUT2D eigenvalue weighted by molar-refractivity contribution is -0.906. The third kappa shape index (κ3) is 10.6. The number of aryl methyl sites for hydroxylation is 1. The number of hydrogen-bond acceptors (Lipinski definition) is 2. The van der Waals surface area contributed by atoms with E-state index in [-0.39, 0.29) is 11.5 Å². The van der Waals surface area contributed by atoms with E-state index in [1.165, 1.54) is 16.7 Å². The van der Waals surface area contributed by atoms with Crippen LogP contribution in [0.3, 0.4) is 0 Å². The highest BCUT2D eigenvalue weighted by Crippen LogP contribution is 2.36. The van der Waals surface area contributed by atoms with E-state index in [0.29, 0.717) is 18.6 Å². The second-order valence-corrected chi connectivity index (χ2v) is 13.3. The molecule has 1 atom stereocenters. The van der Waals surface area contributed by atoms with Gasteiger partial charge in [-0.25, -0.2) is 0 Å². The van der Waals surface area contributed by atoms with Gasteiger partial charge in [0.05, 0.1) is 20.7 Å². The zero-order valence-corrected chi connectivity index (χ0v) is 24.9. The summed E-state index contributed by atoms with van der Waals surface area (Å²) in [6, 6.07) is 30.1. The quantitative estimate of drug-likeness (QED) is 0.159. The molecule has 0 spiro atoms. The number of nitrogens with zero attached hydrogens (tertiary/aromatic N) is 1. The van der Waals surface area contributed by atoms with Crippen LogP contribution in [0.15, 0.2) is 84.9 Å². The molecule has 0 aromatic heterocycles. The molecular formula is C35H50NO2+. The number of rotatable bonds is 14. The van der Waals surface area contributed by atoms with Crippen LogP contribution in [0.2, 0.25) is 0 Å². The summed E-state index contributed by atoms with van der Waals surface area (Å²) in [6.45, 7) is 14.7. The molecule has 0 aliphatic rings. The Labute approximate surface area is 232 Å². The molecule has 0 saturated heterocycles. The first kappa shape index (κ1) is 29.9. The van der Waals surface area contributed by atoms with Crippen LogP contribution >= 0.6 is 0 Å². The minimum atomic E-state index is 0.136. The van der Waals surface area contributed by atoms with Crippen LogP contribution in [-0.4, -0.2) is 44.4 Å². The predicted octanol–water partition coefficient (Wildman–Crippen LogP) is 8.07. The van der Waals surface area contributed by atoms with Crippen molar-refractivity contribution in [1.29, 1.82) is 0 Å². The fourth-order valence-electron chi connectivity index (χ4n) is 5.70. The van der Waals surface area contributed by atoms with Crippen LogP contribution in [0.1, 0.15) is 64.2 Å². The molecule has 3 aromatic carbocycles. The van der Waals surface area contributed by atoms with Crippen molar-refractivity contribution in [1.82, 2.24) is 0 Å². The van der Waals surface area contributed by atoms with E-state index >= 15 is 0 Å². The van der Waals surface area contributed by atoms with Crippen LogP contribution in [0.25, 0.3) is 0 Å². The summed E-state index contributed by atoms with van der Waals surface area (Å²) in [5, 5.41) is 0. The van der Waals surface area contributed by atoms with Crippen molar-refractivity contribution in [2.24, 2.45) is 5.41 Å². The van der Waals surface area contributed by atoms with Gasteiger partial charge in [0.1, 0.15) is 31.5 Å². The van der Waals surface area contributed by atoms with Gasteiger partial charge in [-0.05, 0) is 53.4 Å². The van der Waals surface area contributed by atoms with E-state index in [1.807, 2.05) is 0 Å². The molecule has 0 heterocycles. The average Bonchev–Trinajstić information content (AvgIpc) is 2.84. The first-order valence-electron chi connectivity index (χ1n) is 14.2. The normalized spacial score (nSPS) is 13.3. The largest absolute Gasteiger partial charge is 0.491 e. The van der Waals surface area contributed by atoms with E-state index in [4.69, 9.17) is 9.47 Å². The van der Waals surface area contributed by atoms with Crippen molar-refractivity contribution in [2.75, 3.05) is 33.9 Å². The van der Waals surface area contributed by atoms with Crippen molar-refractivity contribution in [3.63, 3.8) is 0 Å². The van der Waals surface area contributed by atoms with E-state index in [2.05, 4.69) is 134 Å². The monoisotopic (exact) mass is 516 g/mol. The minimum absolute atomic E-state index is 0.136. The lowest BCUT2D eigenvalue weighted by atomic mass is 9.72. The predicted molar refractivity (Wildman–Crippen MR) is 161 cm³/mol. The summed E-state index contributed by atoms with van der Waals surface area (Å²) in [4.78, 5) is 0. The average molecular weight is 517 g/mol. The number of ether oxygens (including phenoxy) is 2. The molecule has 0 fully saturated rings. The molecule has 206 valence electrons. The summed E-state index contributed by atoms with van der Waals surface area (Å²) >= 11 is 0. The van der Waals surface area contributed by atoms with Gasteiger partial charge < -0.3 is 14.0 Å². The molecule has 0 bridgehead atoms. The first-order valence-corrected chi connectivity index (χ1v) is 14.2. The van der Waals surface area contributed by atoms with Crippen LogP contribution in [-0.2, 0) is 23.1 Å². The molecule has 0 amide bonds. The highest BCUT2D eigenvalue weighted by molar-refractivity contribution is 5.31. The molecular weight excluding hydrogens is 466 g/mol. The maximum absolute atomic E-state index is 6.45. The van der Waals surface area contributed by atoms with Gasteiger partial charge in [0.15, 0.2) is 0 Å². The smallest absolute Gasteiger partial charge is 0.119 e. The molecule has 0 aliphatic heterocycles. The Morgan fingerprint density at radius 3 is 1.87 bits per heavy atom. The van der Waals surface area contributed by atoms with Crippen molar-refractivity contribution < 1.29 is 14.0 Å². The van der Waals surface area contributed by atoms with Crippen LogP contribution < -0.4 is 4.74 Å². The zero-order chi connectivity index (χ0) is 27.7. The molecule has 0 radical (unpaired) electrons. The molecule has 3 aromatic rings. The highest BCUT2D eigenvalue weighted by atomic mass is 16.5. The number of hydrogen-bond donors (Lipinski definition) is 0. The summed E-state index contributed by atoms with van der Waals surface area (Å²) in [5.74, 6) is 0.907. The molecule has 0 N–H and O–H groups in total. The minimum Gasteiger partial charge on any atom is -0.491 e. The molecule has 3 rings (SSSR count). The van der Waals surface area contributed by atoms with Gasteiger partial charge >= 0.3 is 0 Å². The Balaban J connectivity index is 1.54. The van der Waals surface area contributed by atoms with E-state index in [0.717, 1.165) is 42.6 Å². The fraction of sp³-hybridized carbons (Fsp3) is 0.486. The molecule has 0 saturated carbocycles. The van der Waals surface area contributed by atoms with Crippen LogP contribution in [0, 0.1) is 5.41 Å². The highest BCUT2D eigenvalue weighted by Gasteiger charge is 2.27. The summed E-state index contributed by atoms with van der Waals surface area (Å²) in [7, 11) is 4.59. The standard InChI is InChI=1S/C35H50NO2/c1-34(2,3)28-35(4,5)31-19-22-32(23-20-31)37-24-25-38-33(21-18-29-14-10-8-11-15-29)27-36(6,7)26-30-16-12-9-13-17-30/h8-17,19-20,22-23,33H,18,21,24-28H2,1-7H3/q+1. The zero-order valence-electron chi connectivity index (χ0n) is 24.9.